The van der Waals surface area contributed by atoms with Crippen molar-refractivity contribution in [2.75, 3.05) is 6.54 Å². The molecule has 3 nitrogen and oxygen atoms in total. The molecule has 1 fully saturated rings. The quantitative estimate of drug-likeness (QED) is 0.835. The summed E-state index contributed by atoms with van der Waals surface area (Å²) >= 11 is 0. The van der Waals surface area contributed by atoms with Gasteiger partial charge < -0.3 is 5.32 Å². The van der Waals surface area contributed by atoms with Gasteiger partial charge in [-0.05, 0) is 54.4 Å². The molecule has 1 aliphatic rings. The van der Waals surface area contributed by atoms with Gasteiger partial charge in [0.05, 0.1) is 11.7 Å². The zero-order chi connectivity index (χ0) is 16.4. The highest BCUT2D eigenvalue weighted by molar-refractivity contribution is 5.27. The van der Waals surface area contributed by atoms with Gasteiger partial charge in [-0.3, -0.25) is 4.68 Å². The molecule has 4 heteroatoms. The lowest BCUT2D eigenvalue weighted by Crippen LogP contribution is -2.30. The van der Waals surface area contributed by atoms with Crippen LogP contribution in [0.1, 0.15) is 50.4 Å². The Balaban J connectivity index is 1.77. The summed E-state index contributed by atoms with van der Waals surface area (Å²) in [6.07, 6.45) is 5.82. The number of aryl methyl sites for hydroxylation is 1. The second-order valence-electron chi connectivity index (χ2n) is 7.38. The highest BCUT2D eigenvalue weighted by Gasteiger charge is 2.42. The SMILES string of the molecule is CC(C)CC1(CN[C@H](c2ccc(F)cc2)c2ccn(C)n2)CC1. The van der Waals surface area contributed by atoms with Gasteiger partial charge in [-0.15, -0.1) is 0 Å². The molecule has 1 saturated carbocycles. The summed E-state index contributed by atoms with van der Waals surface area (Å²) in [5.74, 6) is 0.519. The fraction of sp³-hybridized carbons (Fsp3) is 0.526. The topological polar surface area (TPSA) is 29.9 Å². The number of halogens is 1. The Labute approximate surface area is 137 Å². The zero-order valence-electron chi connectivity index (χ0n) is 14.2. The molecule has 0 aliphatic heterocycles. The summed E-state index contributed by atoms with van der Waals surface area (Å²) in [6.45, 7) is 5.57. The number of rotatable bonds is 7. The molecule has 0 spiro atoms. The minimum absolute atomic E-state index is 0.0152. The van der Waals surface area contributed by atoms with E-state index in [1.807, 2.05) is 36.1 Å². The van der Waals surface area contributed by atoms with Crippen molar-refractivity contribution < 1.29 is 4.39 Å². The van der Waals surface area contributed by atoms with Crippen LogP contribution in [0.25, 0.3) is 0 Å². The normalized spacial score (nSPS) is 17.4. The van der Waals surface area contributed by atoms with Crippen LogP contribution < -0.4 is 5.32 Å². The van der Waals surface area contributed by atoms with Gasteiger partial charge in [-0.25, -0.2) is 4.39 Å². The van der Waals surface area contributed by atoms with Crippen LogP contribution in [-0.4, -0.2) is 16.3 Å². The molecule has 0 bridgehead atoms. The van der Waals surface area contributed by atoms with Crippen molar-refractivity contribution in [3.8, 4) is 0 Å². The Morgan fingerprint density at radius 3 is 2.43 bits per heavy atom. The summed E-state index contributed by atoms with van der Waals surface area (Å²) in [4.78, 5) is 0. The minimum Gasteiger partial charge on any atom is -0.304 e. The third-order valence-corrected chi connectivity index (χ3v) is 4.71. The monoisotopic (exact) mass is 315 g/mol. The van der Waals surface area contributed by atoms with Crippen molar-refractivity contribution >= 4 is 0 Å². The Hall–Kier alpha value is -1.68. The van der Waals surface area contributed by atoms with Crippen molar-refractivity contribution in [3.63, 3.8) is 0 Å². The predicted molar refractivity (Wildman–Crippen MR) is 90.6 cm³/mol. The molecule has 0 saturated heterocycles. The molecule has 0 radical (unpaired) electrons. The Morgan fingerprint density at radius 1 is 1.22 bits per heavy atom. The van der Waals surface area contributed by atoms with Gasteiger partial charge in [-0.1, -0.05) is 26.0 Å². The molecule has 23 heavy (non-hydrogen) atoms. The molecule has 3 rings (SSSR count). The highest BCUT2D eigenvalue weighted by Crippen LogP contribution is 2.50. The summed E-state index contributed by atoms with van der Waals surface area (Å²) in [5.41, 5.74) is 2.49. The molecule has 0 unspecified atom stereocenters. The molecule has 1 aliphatic carbocycles. The maximum absolute atomic E-state index is 13.2. The number of hydrogen-bond acceptors (Lipinski definition) is 2. The van der Waals surface area contributed by atoms with Crippen molar-refractivity contribution in [1.29, 1.82) is 0 Å². The van der Waals surface area contributed by atoms with E-state index in [1.165, 1.54) is 31.4 Å². The third-order valence-electron chi connectivity index (χ3n) is 4.71. The molecular weight excluding hydrogens is 289 g/mol. The first-order valence-corrected chi connectivity index (χ1v) is 8.46. The van der Waals surface area contributed by atoms with Crippen LogP contribution in [0.5, 0.6) is 0 Å². The van der Waals surface area contributed by atoms with Crippen molar-refractivity contribution in [2.24, 2.45) is 18.4 Å². The van der Waals surface area contributed by atoms with E-state index >= 15 is 0 Å². The van der Waals surface area contributed by atoms with Crippen LogP contribution in [0, 0.1) is 17.2 Å². The van der Waals surface area contributed by atoms with E-state index in [0.29, 0.717) is 5.41 Å². The largest absolute Gasteiger partial charge is 0.304 e. The number of nitrogens with one attached hydrogen (secondary N) is 1. The molecule has 1 aromatic carbocycles. The van der Waals surface area contributed by atoms with E-state index in [-0.39, 0.29) is 11.9 Å². The van der Waals surface area contributed by atoms with Crippen molar-refractivity contribution in [3.05, 3.63) is 53.6 Å². The summed E-state index contributed by atoms with van der Waals surface area (Å²) in [6, 6.07) is 8.79. The first kappa shape index (κ1) is 16.2. The van der Waals surface area contributed by atoms with E-state index in [1.54, 1.807) is 0 Å². The predicted octanol–water partition coefficient (Wildman–Crippen LogP) is 4.06. The van der Waals surface area contributed by atoms with Crippen LogP contribution in [0.2, 0.25) is 0 Å². The molecule has 124 valence electrons. The molecule has 1 aromatic heterocycles. The van der Waals surface area contributed by atoms with Gasteiger partial charge in [0.2, 0.25) is 0 Å². The summed E-state index contributed by atoms with van der Waals surface area (Å²) < 4.78 is 15.1. The van der Waals surface area contributed by atoms with E-state index in [4.69, 9.17) is 0 Å². The smallest absolute Gasteiger partial charge is 0.123 e. The number of aromatic nitrogens is 2. The third kappa shape index (κ3) is 3.99. The van der Waals surface area contributed by atoms with Crippen LogP contribution in [0.3, 0.4) is 0 Å². The van der Waals surface area contributed by atoms with Crippen molar-refractivity contribution in [2.45, 2.75) is 39.2 Å². The maximum atomic E-state index is 13.2. The first-order valence-electron chi connectivity index (χ1n) is 8.46. The van der Waals surface area contributed by atoms with Gasteiger partial charge in [-0.2, -0.15) is 5.10 Å². The van der Waals surface area contributed by atoms with Crippen LogP contribution in [0.4, 0.5) is 4.39 Å². The second kappa shape index (κ2) is 6.44. The second-order valence-corrected chi connectivity index (χ2v) is 7.38. The standard InChI is InChI=1S/C19H26FN3/c1-14(2)12-19(9-10-19)13-21-18(17-8-11-23(3)22-17)15-4-6-16(20)7-5-15/h4-8,11,14,18,21H,9-10,12-13H2,1-3H3/t18-/m1/s1. The molecule has 0 amide bonds. The van der Waals surface area contributed by atoms with Crippen LogP contribution in [-0.2, 0) is 7.05 Å². The van der Waals surface area contributed by atoms with Crippen LogP contribution in [0.15, 0.2) is 36.5 Å². The summed E-state index contributed by atoms with van der Waals surface area (Å²) in [7, 11) is 1.92. The molecule has 2 aromatic rings. The van der Waals surface area contributed by atoms with Gasteiger partial charge in [0, 0.05) is 19.8 Å². The van der Waals surface area contributed by atoms with Crippen molar-refractivity contribution in [1.82, 2.24) is 15.1 Å². The number of nitrogens with zero attached hydrogens (tertiary/aromatic N) is 2. The average molecular weight is 315 g/mol. The Morgan fingerprint density at radius 2 is 1.91 bits per heavy atom. The van der Waals surface area contributed by atoms with E-state index in [2.05, 4.69) is 24.3 Å². The Kier molecular flexibility index (Phi) is 4.53. The molecule has 1 N–H and O–H groups in total. The Bertz CT molecular complexity index is 641. The molecule has 1 heterocycles. The lowest BCUT2D eigenvalue weighted by atomic mass is 9.93. The lowest BCUT2D eigenvalue weighted by molar-refractivity contribution is 0.355. The molecule has 1 atom stereocenters. The number of benzene rings is 1. The average Bonchev–Trinajstić information content (AvgIpc) is 3.11. The lowest BCUT2D eigenvalue weighted by Gasteiger charge is -2.23. The summed E-state index contributed by atoms with van der Waals surface area (Å²) in [5, 5.41) is 8.25. The van der Waals surface area contributed by atoms with Crippen LogP contribution >= 0.6 is 0 Å². The molecular formula is C19H26FN3. The van der Waals surface area contributed by atoms with Gasteiger partial charge in [0.1, 0.15) is 5.82 Å². The fourth-order valence-corrected chi connectivity index (χ4v) is 3.45. The maximum Gasteiger partial charge on any atom is 0.123 e. The van der Waals surface area contributed by atoms with Gasteiger partial charge in [0.25, 0.3) is 0 Å². The zero-order valence-corrected chi connectivity index (χ0v) is 14.2. The highest BCUT2D eigenvalue weighted by atomic mass is 19.1. The fourth-order valence-electron chi connectivity index (χ4n) is 3.45. The van der Waals surface area contributed by atoms with E-state index in [0.717, 1.165) is 23.7 Å². The van der Waals surface area contributed by atoms with Gasteiger partial charge >= 0.3 is 0 Å². The first-order chi connectivity index (χ1) is 11.0. The van der Waals surface area contributed by atoms with E-state index < -0.39 is 0 Å². The number of hydrogen-bond donors (Lipinski definition) is 1. The minimum atomic E-state index is -0.202. The van der Waals surface area contributed by atoms with Gasteiger partial charge in [0.15, 0.2) is 0 Å². The van der Waals surface area contributed by atoms with E-state index in [9.17, 15) is 4.39 Å².